The SMILES string of the molecule is CC.O=C(COc1ccc2[nH]c(-c3cc4ccccc4[nH]c3=O)cc2c1)N1CCNCC1.O=C(O)C(F)(F)F. The van der Waals surface area contributed by atoms with E-state index in [0.29, 0.717) is 24.4 Å². The van der Waals surface area contributed by atoms with Crippen molar-refractivity contribution in [1.82, 2.24) is 20.2 Å². The molecule has 0 radical (unpaired) electrons. The summed E-state index contributed by atoms with van der Waals surface area (Å²) in [6.07, 6.45) is -5.08. The van der Waals surface area contributed by atoms with Crippen LogP contribution in [0.4, 0.5) is 13.2 Å². The molecule has 0 unspecified atom stereocenters. The molecule has 0 bridgehead atoms. The van der Waals surface area contributed by atoms with Crippen LogP contribution in [0.2, 0.25) is 0 Å². The molecule has 1 aliphatic heterocycles. The number of aromatic nitrogens is 2. The number of aliphatic carboxylic acids is 1. The van der Waals surface area contributed by atoms with Crippen molar-refractivity contribution in [3.63, 3.8) is 0 Å². The van der Waals surface area contributed by atoms with Crippen molar-refractivity contribution in [2.24, 2.45) is 0 Å². The fourth-order valence-corrected chi connectivity index (χ4v) is 3.84. The van der Waals surface area contributed by atoms with Crippen LogP contribution >= 0.6 is 0 Å². The molecule has 208 valence electrons. The summed E-state index contributed by atoms with van der Waals surface area (Å²) in [4.78, 5) is 41.8. The molecule has 0 saturated carbocycles. The van der Waals surface area contributed by atoms with E-state index in [1.807, 2.05) is 73.3 Å². The molecular formula is C27H29F3N4O5. The smallest absolute Gasteiger partial charge is 0.484 e. The van der Waals surface area contributed by atoms with E-state index in [1.165, 1.54) is 0 Å². The lowest BCUT2D eigenvalue weighted by molar-refractivity contribution is -0.192. The Bertz CT molecular complexity index is 1490. The summed E-state index contributed by atoms with van der Waals surface area (Å²) >= 11 is 0. The number of hydrogen-bond acceptors (Lipinski definition) is 5. The summed E-state index contributed by atoms with van der Waals surface area (Å²) < 4.78 is 37.5. The number of nitrogens with zero attached hydrogens (tertiary/aromatic N) is 1. The predicted molar refractivity (Wildman–Crippen MR) is 142 cm³/mol. The number of alkyl halides is 3. The third-order valence-corrected chi connectivity index (χ3v) is 5.71. The van der Waals surface area contributed by atoms with E-state index < -0.39 is 12.1 Å². The highest BCUT2D eigenvalue weighted by molar-refractivity contribution is 5.89. The van der Waals surface area contributed by atoms with Crippen LogP contribution in [-0.4, -0.2) is 70.8 Å². The van der Waals surface area contributed by atoms with Gasteiger partial charge in [0.25, 0.3) is 11.5 Å². The molecule has 2 aromatic heterocycles. The highest BCUT2D eigenvalue weighted by atomic mass is 19.4. The molecule has 4 N–H and O–H groups in total. The first-order chi connectivity index (χ1) is 18.6. The number of fused-ring (bicyclic) bond motifs is 2. The quantitative estimate of drug-likeness (QED) is 0.305. The van der Waals surface area contributed by atoms with Crippen molar-refractivity contribution in [2.45, 2.75) is 20.0 Å². The number of ether oxygens (including phenoxy) is 1. The topological polar surface area (TPSA) is 128 Å². The number of para-hydroxylation sites is 1. The van der Waals surface area contributed by atoms with Crippen LogP contribution in [0.1, 0.15) is 13.8 Å². The largest absolute Gasteiger partial charge is 0.490 e. The fraction of sp³-hybridized carbons (Fsp3) is 0.296. The van der Waals surface area contributed by atoms with E-state index in [1.54, 1.807) is 0 Å². The zero-order valence-corrected chi connectivity index (χ0v) is 21.4. The summed E-state index contributed by atoms with van der Waals surface area (Å²) in [5, 5.41) is 12.2. The molecule has 5 rings (SSSR count). The predicted octanol–water partition coefficient (Wildman–Crippen LogP) is 4.15. The van der Waals surface area contributed by atoms with Crippen LogP contribution in [0.25, 0.3) is 33.1 Å². The normalized spacial score (nSPS) is 13.2. The number of hydrogen-bond donors (Lipinski definition) is 4. The number of rotatable bonds is 4. The maximum Gasteiger partial charge on any atom is 0.490 e. The number of piperazine rings is 1. The van der Waals surface area contributed by atoms with Gasteiger partial charge in [0.1, 0.15) is 5.75 Å². The molecule has 1 aliphatic rings. The summed E-state index contributed by atoms with van der Waals surface area (Å²) in [5.41, 5.74) is 2.90. The monoisotopic (exact) mass is 546 g/mol. The Morgan fingerprint density at radius 1 is 0.949 bits per heavy atom. The third kappa shape index (κ3) is 7.60. The number of carboxylic acids is 1. The molecule has 1 saturated heterocycles. The summed E-state index contributed by atoms with van der Waals surface area (Å²) in [6.45, 7) is 7.08. The molecular weight excluding hydrogens is 517 g/mol. The van der Waals surface area contributed by atoms with Gasteiger partial charge in [0.2, 0.25) is 0 Å². The lowest BCUT2D eigenvalue weighted by atomic mass is 10.1. The van der Waals surface area contributed by atoms with E-state index in [-0.39, 0.29) is 18.1 Å². The van der Waals surface area contributed by atoms with Gasteiger partial charge < -0.3 is 30.0 Å². The summed E-state index contributed by atoms with van der Waals surface area (Å²) in [5.74, 6) is -2.13. The molecule has 0 atom stereocenters. The molecule has 3 heterocycles. The highest BCUT2D eigenvalue weighted by Crippen LogP contribution is 2.27. The van der Waals surface area contributed by atoms with Crippen molar-refractivity contribution in [3.05, 3.63) is 65.0 Å². The minimum atomic E-state index is -5.08. The molecule has 0 spiro atoms. The van der Waals surface area contributed by atoms with Gasteiger partial charge in [-0.15, -0.1) is 0 Å². The van der Waals surface area contributed by atoms with Gasteiger partial charge in [-0.25, -0.2) is 4.79 Å². The maximum atomic E-state index is 12.6. The van der Waals surface area contributed by atoms with Crippen molar-refractivity contribution in [2.75, 3.05) is 32.8 Å². The number of pyridine rings is 1. The molecule has 39 heavy (non-hydrogen) atoms. The van der Waals surface area contributed by atoms with Gasteiger partial charge in [-0.2, -0.15) is 13.2 Å². The Morgan fingerprint density at radius 3 is 2.26 bits per heavy atom. The number of aromatic amines is 2. The zero-order valence-electron chi connectivity index (χ0n) is 21.4. The van der Waals surface area contributed by atoms with Crippen LogP contribution in [0.3, 0.4) is 0 Å². The second-order valence-electron chi connectivity index (χ2n) is 8.25. The van der Waals surface area contributed by atoms with Gasteiger partial charge in [0.15, 0.2) is 6.61 Å². The van der Waals surface area contributed by atoms with Crippen molar-refractivity contribution >= 4 is 33.7 Å². The standard InChI is InChI=1S/C23H22N4O3.C2HF3O2.C2H6/c28-22(27-9-7-24-8-10-27)14-30-17-5-6-20-16(11-17)13-21(25-20)18-12-15-3-1-2-4-19(15)26-23(18)29;3-2(4,5)1(6)7;1-2/h1-6,11-13,24-25H,7-10,14H2,(H,26,29);(H,6,7);1-2H3. The van der Waals surface area contributed by atoms with E-state index in [0.717, 1.165) is 40.6 Å². The van der Waals surface area contributed by atoms with E-state index >= 15 is 0 Å². The Hall–Kier alpha value is -4.32. The number of carboxylic acid groups (broad SMARTS) is 1. The van der Waals surface area contributed by atoms with Gasteiger partial charge in [0.05, 0.1) is 11.3 Å². The lowest BCUT2D eigenvalue weighted by Crippen LogP contribution is -2.47. The summed E-state index contributed by atoms with van der Waals surface area (Å²) in [6, 6.07) is 17.1. The van der Waals surface area contributed by atoms with Crippen LogP contribution in [0, 0.1) is 0 Å². The molecule has 9 nitrogen and oxygen atoms in total. The summed E-state index contributed by atoms with van der Waals surface area (Å²) in [7, 11) is 0. The van der Waals surface area contributed by atoms with Gasteiger partial charge in [-0.05, 0) is 41.8 Å². The minimum absolute atomic E-state index is 0.00551. The first-order valence-corrected chi connectivity index (χ1v) is 12.3. The van der Waals surface area contributed by atoms with Crippen molar-refractivity contribution < 1.29 is 32.6 Å². The molecule has 12 heteroatoms. The molecule has 1 fully saturated rings. The number of H-pyrrole nitrogens is 2. The Balaban J connectivity index is 0.000000409. The van der Waals surface area contributed by atoms with Crippen molar-refractivity contribution in [3.8, 4) is 17.0 Å². The zero-order chi connectivity index (χ0) is 28.6. The first kappa shape index (κ1) is 29.2. The second kappa shape index (κ2) is 13.0. The number of halogens is 3. The average molecular weight is 547 g/mol. The Kier molecular flexibility index (Phi) is 9.72. The van der Waals surface area contributed by atoms with E-state index in [4.69, 9.17) is 14.6 Å². The van der Waals surface area contributed by atoms with Gasteiger partial charge in [-0.3, -0.25) is 9.59 Å². The third-order valence-electron chi connectivity index (χ3n) is 5.71. The minimum Gasteiger partial charge on any atom is -0.484 e. The number of carbonyl (C=O) groups excluding carboxylic acids is 1. The fourth-order valence-electron chi connectivity index (χ4n) is 3.84. The number of nitrogens with one attached hydrogen (secondary N) is 3. The van der Waals surface area contributed by atoms with Crippen LogP contribution in [0.15, 0.2) is 59.4 Å². The number of amides is 1. The number of benzene rings is 2. The van der Waals surface area contributed by atoms with E-state index in [9.17, 15) is 22.8 Å². The van der Waals surface area contributed by atoms with Crippen LogP contribution in [0.5, 0.6) is 5.75 Å². The molecule has 0 aliphatic carbocycles. The van der Waals surface area contributed by atoms with Crippen LogP contribution < -0.4 is 15.6 Å². The Labute approximate surface area is 221 Å². The lowest BCUT2D eigenvalue weighted by Gasteiger charge is -2.27. The van der Waals surface area contributed by atoms with Gasteiger partial charge >= 0.3 is 12.1 Å². The van der Waals surface area contributed by atoms with Crippen molar-refractivity contribution in [1.29, 1.82) is 0 Å². The second-order valence-corrected chi connectivity index (χ2v) is 8.25. The maximum absolute atomic E-state index is 12.6. The highest BCUT2D eigenvalue weighted by Gasteiger charge is 2.38. The molecule has 4 aromatic rings. The molecule has 1 amide bonds. The van der Waals surface area contributed by atoms with Crippen LogP contribution in [-0.2, 0) is 9.59 Å². The Morgan fingerprint density at radius 2 is 1.59 bits per heavy atom. The average Bonchev–Trinajstić information content (AvgIpc) is 3.36. The van der Waals surface area contributed by atoms with Gasteiger partial charge in [-0.1, -0.05) is 32.0 Å². The molecule has 2 aromatic carbocycles. The first-order valence-electron chi connectivity index (χ1n) is 12.3. The van der Waals surface area contributed by atoms with E-state index in [2.05, 4.69) is 15.3 Å². The van der Waals surface area contributed by atoms with Gasteiger partial charge in [0, 0.05) is 42.6 Å². The number of carbonyl (C=O) groups is 2.